The molecule has 88 valence electrons. The molecule has 16 heavy (non-hydrogen) atoms. The van der Waals surface area contributed by atoms with Gasteiger partial charge in [-0.3, -0.25) is 9.69 Å². The molecule has 1 atom stereocenters. The molecule has 3 heteroatoms. The first-order chi connectivity index (χ1) is 7.56. The number of rotatable bonds is 5. The van der Waals surface area contributed by atoms with Crippen LogP contribution in [0.2, 0.25) is 0 Å². The third-order valence-corrected chi connectivity index (χ3v) is 2.86. The van der Waals surface area contributed by atoms with Crippen molar-refractivity contribution in [3.8, 4) is 5.75 Å². The van der Waals surface area contributed by atoms with E-state index in [-0.39, 0.29) is 11.8 Å². The number of likely N-dealkylation sites (N-methyl/N-ethyl adjacent to an activating group) is 1. The molecule has 1 aromatic carbocycles. The molecular formula is C13H19NO2. The van der Waals surface area contributed by atoms with Crippen LogP contribution in [0.4, 0.5) is 0 Å². The lowest BCUT2D eigenvalue weighted by atomic mass is 10.1. The van der Waals surface area contributed by atoms with Gasteiger partial charge in [-0.1, -0.05) is 18.2 Å². The van der Waals surface area contributed by atoms with Crippen LogP contribution in [0.25, 0.3) is 0 Å². The van der Waals surface area contributed by atoms with Crippen LogP contribution in [0.1, 0.15) is 19.4 Å². The summed E-state index contributed by atoms with van der Waals surface area (Å²) >= 11 is 0. The quantitative estimate of drug-likeness (QED) is 0.762. The Balaban J connectivity index is 2.76. The zero-order valence-corrected chi connectivity index (χ0v) is 10.4. The molecule has 0 saturated heterocycles. The van der Waals surface area contributed by atoms with E-state index in [4.69, 9.17) is 4.74 Å². The van der Waals surface area contributed by atoms with Crippen LogP contribution >= 0.6 is 0 Å². The predicted octanol–water partition coefficient (Wildman–Crippen LogP) is 2.10. The van der Waals surface area contributed by atoms with E-state index in [2.05, 4.69) is 0 Å². The normalized spacial score (nSPS) is 12.6. The molecule has 1 rings (SSSR count). The lowest BCUT2D eigenvalue weighted by Crippen LogP contribution is -2.34. The van der Waals surface area contributed by atoms with Gasteiger partial charge in [-0.05, 0) is 27.0 Å². The largest absolute Gasteiger partial charge is 0.496 e. The number of carbonyl (C=O) groups excluding carboxylic acids is 1. The molecule has 0 bridgehead atoms. The summed E-state index contributed by atoms with van der Waals surface area (Å²) < 4.78 is 5.27. The minimum atomic E-state index is -0.0649. The molecule has 0 aromatic heterocycles. The molecule has 0 amide bonds. The Hall–Kier alpha value is -1.35. The summed E-state index contributed by atoms with van der Waals surface area (Å²) in [6.45, 7) is 4.24. The van der Waals surface area contributed by atoms with Gasteiger partial charge in [0.2, 0.25) is 0 Å². The number of hydrogen-bond donors (Lipinski definition) is 0. The van der Waals surface area contributed by atoms with Gasteiger partial charge in [0, 0.05) is 12.1 Å². The second kappa shape index (κ2) is 5.66. The first-order valence-electron chi connectivity index (χ1n) is 5.39. The Morgan fingerprint density at radius 3 is 2.62 bits per heavy atom. The van der Waals surface area contributed by atoms with Crippen molar-refractivity contribution in [2.75, 3.05) is 14.2 Å². The molecule has 0 spiro atoms. The minimum absolute atomic E-state index is 0.0649. The predicted molar refractivity (Wildman–Crippen MR) is 64.6 cm³/mol. The van der Waals surface area contributed by atoms with E-state index in [1.165, 1.54) is 0 Å². The number of hydrogen-bond acceptors (Lipinski definition) is 3. The molecule has 1 unspecified atom stereocenters. The van der Waals surface area contributed by atoms with Gasteiger partial charge >= 0.3 is 0 Å². The van der Waals surface area contributed by atoms with Crippen molar-refractivity contribution in [1.82, 2.24) is 4.90 Å². The summed E-state index contributed by atoms with van der Waals surface area (Å²) in [6.07, 6.45) is 0. The van der Waals surface area contributed by atoms with Crippen molar-refractivity contribution in [3.05, 3.63) is 29.8 Å². The lowest BCUT2D eigenvalue weighted by Gasteiger charge is -2.23. The van der Waals surface area contributed by atoms with Crippen molar-refractivity contribution >= 4 is 5.78 Å². The summed E-state index contributed by atoms with van der Waals surface area (Å²) in [4.78, 5) is 13.3. The Labute approximate surface area is 97.0 Å². The fraction of sp³-hybridized carbons (Fsp3) is 0.462. The lowest BCUT2D eigenvalue weighted by molar-refractivity contribution is -0.121. The maximum Gasteiger partial charge on any atom is 0.146 e. The first kappa shape index (κ1) is 12.7. The average Bonchev–Trinajstić information content (AvgIpc) is 2.28. The van der Waals surface area contributed by atoms with Crippen LogP contribution < -0.4 is 4.74 Å². The molecule has 1 aromatic rings. The van der Waals surface area contributed by atoms with E-state index in [0.717, 1.165) is 11.3 Å². The van der Waals surface area contributed by atoms with Crippen molar-refractivity contribution in [3.63, 3.8) is 0 Å². The van der Waals surface area contributed by atoms with E-state index in [1.54, 1.807) is 14.0 Å². The maximum absolute atomic E-state index is 11.3. The number of ketones is 1. The van der Waals surface area contributed by atoms with Crippen molar-refractivity contribution in [1.29, 1.82) is 0 Å². The van der Waals surface area contributed by atoms with Gasteiger partial charge in [0.05, 0.1) is 13.2 Å². The third kappa shape index (κ3) is 3.07. The minimum Gasteiger partial charge on any atom is -0.496 e. The summed E-state index contributed by atoms with van der Waals surface area (Å²) in [6, 6.07) is 7.80. The Bertz CT molecular complexity index is 363. The maximum atomic E-state index is 11.3. The van der Waals surface area contributed by atoms with Gasteiger partial charge in [0.1, 0.15) is 11.5 Å². The summed E-state index contributed by atoms with van der Waals surface area (Å²) in [5.74, 6) is 1.04. The number of Topliss-reactive ketones (excluding diaryl/α,β-unsaturated/α-hetero) is 1. The number of ether oxygens (including phenoxy) is 1. The van der Waals surface area contributed by atoms with Crippen molar-refractivity contribution < 1.29 is 9.53 Å². The molecule has 3 nitrogen and oxygen atoms in total. The summed E-state index contributed by atoms with van der Waals surface area (Å²) in [7, 11) is 3.60. The molecule has 0 radical (unpaired) electrons. The second-order valence-corrected chi connectivity index (χ2v) is 4.01. The van der Waals surface area contributed by atoms with Crippen LogP contribution in [0, 0.1) is 0 Å². The van der Waals surface area contributed by atoms with Gasteiger partial charge < -0.3 is 4.74 Å². The first-order valence-corrected chi connectivity index (χ1v) is 5.39. The summed E-state index contributed by atoms with van der Waals surface area (Å²) in [5, 5.41) is 0. The highest BCUT2D eigenvalue weighted by atomic mass is 16.5. The zero-order valence-electron chi connectivity index (χ0n) is 10.4. The smallest absolute Gasteiger partial charge is 0.146 e. The molecular weight excluding hydrogens is 202 g/mol. The number of para-hydroxylation sites is 1. The number of carbonyl (C=O) groups is 1. The highest BCUT2D eigenvalue weighted by Crippen LogP contribution is 2.19. The van der Waals surface area contributed by atoms with Crippen molar-refractivity contribution in [2.24, 2.45) is 0 Å². The number of methoxy groups -OCH3 is 1. The van der Waals surface area contributed by atoms with Gasteiger partial charge in [-0.25, -0.2) is 0 Å². The number of nitrogens with zero attached hydrogens (tertiary/aromatic N) is 1. The van der Waals surface area contributed by atoms with E-state index >= 15 is 0 Å². The Kier molecular flexibility index (Phi) is 4.50. The van der Waals surface area contributed by atoms with Crippen LogP contribution in [0.3, 0.4) is 0 Å². The zero-order chi connectivity index (χ0) is 12.1. The molecule has 0 aliphatic carbocycles. The molecule has 0 aliphatic heterocycles. The van der Waals surface area contributed by atoms with E-state index in [9.17, 15) is 4.79 Å². The fourth-order valence-electron chi connectivity index (χ4n) is 1.55. The highest BCUT2D eigenvalue weighted by molar-refractivity contribution is 5.80. The number of benzene rings is 1. The second-order valence-electron chi connectivity index (χ2n) is 4.01. The molecule has 0 N–H and O–H groups in total. The van der Waals surface area contributed by atoms with Crippen LogP contribution in [-0.4, -0.2) is 30.9 Å². The SMILES string of the molecule is COc1ccccc1CN(C)C(C)C(C)=O. The van der Waals surface area contributed by atoms with Gasteiger partial charge in [-0.2, -0.15) is 0 Å². The third-order valence-electron chi connectivity index (χ3n) is 2.86. The molecule has 0 heterocycles. The highest BCUT2D eigenvalue weighted by Gasteiger charge is 2.15. The Morgan fingerprint density at radius 1 is 1.44 bits per heavy atom. The van der Waals surface area contributed by atoms with Crippen LogP contribution in [-0.2, 0) is 11.3 Å². The van der Waals surface area contributed by atoms with Crippen LogP contribution in [0.15, 0.2) is 24.3 Å². The van der Waals surface area contributed by atoms with E-state index < -0.39 is 0 Å². The standard InChI is InChI=1S/C13H19NO2/c1-10(11(2)15)14(3)9-12-7-5-6-8-13(12)16-4/h5-8,10H,9H2,1-4H3. The van der Waals surface area contributed by atoms with E-state index in [0.29, 0.717) is 6.54 Å². The Morgan fingerprint density at radius 2 is 2.06 bits per heavy atom. The van der Waals surface area contributed by atoms with E-state index in [1.807, 2.05) is 43.1 Å². The van der Waals surface area contributed by atoms with Gasteiger partial charge in [0.15, 0.2) is 0 Å². The monoisotopic (exact) mass is 221 g/mol. The van der Waals surface area contributed by atoms with Gasteiger partial charge in [0.25, 0.3) is 0 Å². The average molecular weight is 221 g/mol. The molecule has 0 fully saturated rings. The van der Waals surface area contributed by atoms with Crippen molar-refractivity contribution in [2.45, 2.75) is 26.4 Å². The fourth-order valence-corrected chi connectivity index (χ4v) is 1.55. The summed E-state index contributed by atoms with van der Waals surface area (Å²) in [5.41, 5.74) is 1.10. The van der Waals surface area contributed by atoms with Gasteiger partial charge in [-0.15, -0.1) is 0 Å². The van der Waals surface area contributed by atoms with Crippen LogP contribution in [0.5, 0.6) is 5.75 Å². The molecule has 0 aliphatic rings. The topological polar surface area (TPSA) is 29.5 Å². The molecule has 0 saturated carbocycles.